The normalized spacial score (nSPS) is 22.0. The Hall–Kier alpha value is -1.13. The second kappa shape index (κ2) is 4.52. The Balaban J connectivity index is 1.87. The molecule has 1 N–H and O–H groups in total. The molecular weight excluding hydrogens is 233 g/mol. The molecule has 0 atom stereocenters. The number of anilines is 1. The highest BCUT2D eigenvalue weighted by Gasteiger charge is 2.40. The van der Waals surface area contributed by atoms with Crippen LogP contribution in [0.5, 0.6) is 0 Å². The Bertz CT molecular complexity index is 439. The predicted molar refractivity (Wildman–Crippen MR) is 67.3 cm³/mol. The van der Waals surface area contributed by atoms with Crippen molar-refractivity contribution in [2.45, 2.75) is 24.9 Å². The van der Waals surface area contributed by atoms with E-state index in [0.29, 0.717) is 19.6 Å². The van der Waals surface area contributed by atoms with Gasteiger partial charge in [0.25, 0.3) is 0 Å². The first-order valence-corrected chi connectivity index (χ1v) is 6.50. The zero-order valence-corrected chi connectivity index (χ0v) is 10.4. The molecule has 0 unspecified atom stereocenters. The van der Waals surface area contributed by atoms with Crippen molar-refractivity contribution in [1.82, 2.24) is 0 Å². The molecular formula is C14H18FNO2. The maximum absolute atomic E-state index is 13.4. The van der Waals surface area contributed by atoms with Crippen molar-refractivity contribution in [2.75, 3.05) is 31.2 Å². The zero-order valence-electron chi connectivity index (χ0n) is 10.4. The van der Waals surface area contributed by atoms with E-state index in [4.69, 9.17) is 4.74 Å². The summed E-state index contributed by atoms with van der Waals surface area (Å²) in [5.74, 6) is -0.219. The van der Waals surface area contributed by atoms with E-state index in [9.17, 15) is 9.50 Å². The first-order valence-electron chi connectivity index (χ1n) is 6.50. The number of hydrogen-bond acceptors (Lipinski definition) is 3. The summed E-state index contributed by atoms with van der Waals surface area (Å²) in [4.78, 5) is 2.15. The standard InChI is InChI=1S/C14H18FNO2/c15-12-2-1-11(10-14(17)3-4-14)13(9-12)16-5-7-18-8-6-16/h1-2,9,17H,3-8,10H2. The topological polar surface area (TPSA) is 32.7 Å². The monoisotopic (exact) mass is 251 g/mol. The number of benzene rings is 1. The maximum Gasteiger partial charge on any atom is 0.125 e. The largest absolute Gasteiger partial charge is 0.390 e. The van der Waals surface area contributed by atoms with Crippen LogP contribution in [0, 0.1) is 5.82 Å². The Kier molecular flexibility index (Phi) is 2.99. The predicted octanol–water partition coefficient (Wildman–Crippen LogP) is 1.73. The lowest BCUT2D eigenvalue weighted by Crippen LogP contribution is -2.37. The highest BCUT2D eigenvalue weighted by Crippen LogP contribution is 2.40. The van der Waals surface area contributed by atoms with Gasteiger partial charge in [0.2, 0.25) is 0 Å². The van der Waals surface area contributed by atoms with Gasteiger partial charge in [0, 0.05) is 25.2 Å². The van der Waals surface area contributed by atoms with Crippen molar-refractivity contribution in [3.05, 3.63) is 29.6 Å². The molecule has 1 heterocycles. The van der Waals surface area contributed by atoms with Crippen molar-refractivity contribution < 1.29 is 14.2 Å². The van der Waals surface area contributed by atoms with E-state index in [-0.39, 0.29) is 5.82 Å². The van der Waals surface area contributed by atoms with Crippen LogP contribution in [0.1, 0.15) is 18.4 Å². The van der Waals surface area contributed by atoms with E-state index in [1.807, 2.05) is 0 Å². The minimum Gasteiger partial charge on any atom is -0.390 e. The number of hydrogen-bond donors (Lipinski definition) is 1. The molecule has 0 spiro atoms. The summed E-state index contributed by atoms with van der Waals surface area (Å²) < 4.78 is 18.8. The molecule has 3 rings (SSSR count). The number of ether oxygens (including phenoxy) is 1. The Morgan fingerprint density at radius 2 is 2.00 bits per heavy atom. The summed E-state index contributed by atoms with van der Waals surface area (Å²) in [5, 5.41) is 10.0. The molecule has 1 saturated carbocycles. The molecule has 18 heavy (non-hydrogen) atoms. The van der Waals surface area contributed by atoms with Crippen LogP contribution in [-0.2, 0) is 11.2 Å². The van der Waals surface area contributed by atoms with Crippen LogP contribution >= 0.6 is 0 Å². The maximum atomic E-state index is 13.4. The highest BCUT2D eigenvalue weighted by atomic mass is 19.1. The van der Waals surface area contributed by atoms with E-state index in [0.717, 1.165) is 37.2 Å². The van der Waals surface area contributed by atoms with E-state index in [1.165, 1.54) is 6.07 Å². The van der Waals surface area contributed by atoms with Crippen molar-refractivity contribution in [1.29, 1.82) is 0 Å². The fraction of sp³-hybridized carbons (Fsp3) is 0.571. The van der Waals surface area contributed by atoms with Gasteiger partial charge in [-0.05, 0) is 30.5 Å². The fourth-order valence-electron chi connectivity index (χ4n) is 2.46. The minimum atomic E-state index is -0.543. The van der Waals surface area contributed by atoms with E-state index >= 15 is 0 Å². The molecule has 1 aromatic rings. The fourth-order valence-corrected chi connectivity index (χ4v) is 2.46. The van der Waals surface area contributed by atoms with Gasteiger partial charge in [-0.15, -0.1) is 0 Å². The number of morpholine rings is 1. The molecule has 0 aromatic heterocycles. The van der Waals surface area contributed by atoms with Gasteiger partial charge >= 0.3 is 0 Å². The minimum absolute atomic E-state index is 0.219. The first-order chi connectivity index (χ1) is 8.66. The molecule has 4 heteroatoms. The summed E-state index contributed by atoms with van der Waals surface area (Å²) >= 11 is 0. The summed E-state index contributed by atoms with van der Waals surface area (Å²) in [5.41, 5.74) is 1.41. The lowest BCUT2D eigenvalue weighted by atomic mass is 10.0. The van der Waals surface area contributed by atoms with Crippen LogP contribution in [0.25, 0.3) is 0 Å². The zero-order chi connectivity index (χ0) is 12.6. The SMILES string of the molecule is OC1(Cc2ccc(F)cc2N2CCOCC2)CC1. The second-order valence-corrected chi connectivity index (χ2v) is 5.27. The Morgan fingerprint density at radius 1 is 1.28 bits per heavy atom. The molecule has 0 amide bonds. The second-order valence-electron chi connectivity index (χ2n) is 5.27. The van der Waals surface area contributed by atoms with E-state index in [1.54, 1.807) is 12.1 Å². The molecule has 1 aromatic carbocycles. The van der Waals surface area contributed by atoms with Crippen LogP contribution in [0.2, 0.25) is 0 Å². The summed E-state index contributed by atoms with van der Waals surface area (Å²) in [6, 6.07) is 4.85. The molecule has 1 aliphatic heterocycles. The number of halogens is 1. The summed E-state index contributed by atoms with van der Waals surface area (Å²) in [6.45, 7) is 2.93. The van der Waals surface area contributed by atoms with Gasteiger partial charge < -0.3 is 14.7 Å². The van der Waals surface area contributed by atoms with Gasteiger partial charge in [0.05, 0.1) is 18.8 Å². The molecule has 2 fully saturated rings. The van der Waals surface area contributed by atoms with Crippen LogP contribution in [0.4, 0.5) is 10.1 Å². The van der Waals surface area contributed by atoms with Crippen molar-refractivity contribution in [3.63, 3.8) is 0 Å². The van der Waals surface area contributed by atoms with E-state index < -0.39 is 5.60 Å². The molecule has 3 nitrogen and oxygen atoms in total. The van der Waals surface area contributed by atoms with Gasteiger partial charge in [0.1, 0.15) is 5.82 Å². The van der Waals surface area contributed by atoms with Gasteiger partial charge in [-0.3, -0.25) is 0 Å². The quantitative estimate of drug-likeness (QED) is 0.888. The number of aliphatic hydroxyl groups is 1. The average Bonchev–Trinajstić information content (AvgIpc) is 3.10. The molecule has 1 aliphatic carbocycles. The highest BCUT2D eigenvalue weighted by molar-refractivity contribution is 5.55. The summed E-state index contributed by atoms with van der Waals surface area (Å²) in [7, 11) is 0. The van der Waals surface area contributed by atoms with Crippen LogP contribution in [0.15, 0.2) is 18.2 Å². The van der Waals surface area contributed by atoms with Crippen molar-refractivity contribution >= 4 is 5.69 Å². The van der Waals surface area contributed by atoms with Gasteiger partial charge in [0.15, 0.2) is 0 Å². The Morgan fingerprint density at radius 3 is 2.67 bits per heavy atom. The van der Waals surface area contributed by atoms with Crippen LogP contribution < -0.4 is 4.90 Å². The lowest BCUT2D eigenvalue weighted by Gasteiger charge is -2.31. The Labute approximate surface area is 106 Å². The molecule has 1 saturated heterocycles. The summed E-state index contributed by atoms with van der Waals surface area (Å²) in [6.07, 6.45) is 2.33. The van der Waals surface area contributed by atoms with Gasteiger partial charge in [-0.2, -0.15) is 0 Å². The number of nitrogens with zero attached hydrogens (tertiary/aromatic N) is 1. The van der Waals surface area contributed by atoms with Gasteiger partial charge in [-0.25, -0.2) is 4.39 Å². The third-order valence-corrected chi connectivity index (χ3v) is 3.75. The van der Waals surface area contributed by atoms with Gasteiger partial charge in [-0.1, -0.05) is 6.07 Å². The lowest BCUT2D eigenvalue weighted by molar-refractivity contribution is 0.122. The molecule has 0 bridgehead atoms. The molecule has 2 aliphatic rings. The van der Waals surface area contributed by atoms with Crippen molar-refractivity contribution in [2.24, 2.45) is 0 Å². The first kappa shape index (κ1) is 11.9. The average molecular weight is 251 g/mol. The molecule has 0 radical (unpaired) electrons. The van der Waals surface area contributed by atoms with Crippen LogP contribution in [0.3, 0.4) is 0 Å². The smallest absolute Gasteiger partial charge is 0.125 e. The number of rotatable bonds is 3. The molecule has 98 valence electrons. The van der Waals surface area contributed by atoms with Crippen LogP contribution in [-0.4, -0.2) is 37.0 Å². The van der Waals surface area contributed by atoms with E-state index in [2.05, 4.69) is 4.90 Å². The third kappa shape index (κ3) is 2.49. The van der Waals surface area contributed by atoms with Crippen molar-refractivity contribution in [3.8, 4) is 0 Å². The third-order valence-electron chi connectivity index (χ3n) is 3.75.